The molecule has 5 nitrogen and oxygen atoms in total. The zero-order valence-electron chi connectivity index (χ0n) is 16.7. The highest BCUT2D eigenvalue weighted by Crippen LogP contribution is 2.29. The SMILES string of the molecule is CCCCc1ccc(-n2nc3cc(Cl)c(NC(=O)c4cc(Cl)ccc4Cl)cc3n2)cc1. The fraction of sp³-hybridized carbons (Fsp3) is 0.174. The van der Waals surface area contributed by atoms with E-state index in [1.54, 1.807) is 29.1 Å². The Balaban J connectivity index is 1.60. The van der Waals surface area contributed by atoms with Crippen molar-refractivity contribution in [2.45, 2.75) is 26.2 Å². The van der Waals surface area contributed by atoms with E-state index < -0.39 is 5.91 Å². The van der Waals surface area contributed by atoms with Crippen molar-refractivity contribution in [2.24, 2.45) is 0 Å². The lowest BCUT2D eigenvalue weighted by Crippen LogP contribution is -2.12. The first-order valence-electron chi connectivity index (χ1n) is 9.87. The number of rotatable bonds is 6. The minimum atomic E-state index is -0.413. The van der Waals surface area contributed by atoms with E-state index in [1.165, 1.54) is 11.6 Å². The molecule has 0 aliphatic heterocycles. The fourth-order valence-corrected chi connectivity index (χ4v) is 3.77. The summed E-state index contributed by atoms with van der Waals surface area (Å²) >= 11 is 18.5. The van der Waals surface area contributed by atoms with Crippen LogP contribution < -0.4 is 5.32 Å². The van der Waals surface area contributed by atoms with E-state index in [2.05, 4.69) is 34.6 Å². The van der Waals surface area contributed by atoms with E-state index in [9.17, 15) is 4.79 Å². The lowest BCUT2D eigenvalue weighted by Gasteiger charge is -2.08. The van der Waals surface area contributed by atoms with Gasteiger partial charge < -0.3 is 5.32 Å². The van der Waals surface area contributed by atoms with Gasteiger partial charge in [0.2, 0.25) is 0 Å². The Morgan fingerprint density at radius 3 is 2.35 bits per heavy atom. The number of anilines is 1. The van der Waals surface area contributed by atoms with Gasteiger partial charge in [0, 0.05) is 5.02 Å². The van der Waals surface area contributed by atoms with Crippen molar-refractivity contribution < 1.29 is 4.79 Å². The molecular formula is C23H19Cl3N4O. The van der Waals surface area contributed by atoms with E-state index in [0.29, 0.717) is 31.8 Å². The summed E-state index contributed by atoms with van der Waals surface area (Å²) in [7, 11) is 0. The summed E-state index contributed by atoms with van der Waals surface area (Å²) in [5.74, 6) is -0.413. The molecule has 0 unspecified atom stereocenters. The molecule has 31 heavy (non-hydrogen) atoms. The molecule has 1 N–H and O–H groups in total. The summed E-state index contributed by atoms with van der Waals surface area (Å²) < 4.78 is 0. The van der Waals surface area contributed by atoms with E-state index in [4.69, 9.17) is 34.8 Å². The molecule has 1 heterocycles. The number of nitrogens with zero attached hydrogens (tertiary/aromatic N) is 3. The van der Waals surface area contributed by atoms with Gasteiger partial charge >= 0.3 is 0 Å². The average molecular weight is 474 g/mol. The van der Waals surface area contributed by atoms with Crippen LogP contribution >= 0.6 is 34.8 Å². The zero-order chi connectivity index (χ0) is 22.0. The Kier molecular flexibility index (Phi) is 6.46. The molecular weight excluding hydrogens is 455 g/mol. The molecule has 0 saturated carbocycles. The molecule has 4 aromatic rings. The van der Waals surface area contributed by atoms with Crippen LogP contribution in [0.1, 0.15) is 35.7 Å². The van der Waals surface area contributed by atoms with Crippen LogP contribution in [0.5, 0.6) is 0 Å². The van der Waals surface area contributed by atoms with E-state index in [1.807, 2.05) is 12.1 Å². The normalized spacial score (nSPS) is 11.1. The predicted molar refractivity (Wildman–Crippen MR) is 127 cm³/mol. The number of nitrogens with one attached hydrogen (secondary N) is 1. The third kappa shape index (κ3) is 4.85. The molecule has 0 bridgehead atoms. The maximum absolute atomic E-state index is 12.7. The maximum Gasteiger partial charge on any atom is 0.257 e. The van der Waals surface area contributed by atoms with Crippen LogP contribution in [0.25, 0.3) is 16.7 Å². The Bertz CT molecular complexity index is 1250. The number of aromatic nitrogens is 3. The summed E-state index contributed by atoms with van der Waals surface area (Å²) in [6.07, 6.45) is 3.38. The monoisotopic (exact) mass is 472 g/mol. The minimum Gasteiger partial charge on any atom is -0.321 e. The van der Waals surface area contributed by atoms with Crippen molar-refractivity contribution in [1.82, 2.24) is 15.0 Å². The van der Waals surface area contributed by atoms with Crippen molar-refractivity contribution in [1.29, 1.82) is 0 Å². The van der Waals surface area contributed by atoms with Crippen molar-refractivity contribution in [3.05, 3.63) is 80.8 Å². The van der Waals surface area contributed by atoms with Gasteiger partial charge in [-0.25, -0.2) is 0 Å². The Hall–Kier alpha value is -2.60. The molecule has 0 saturated heterocycles. The molecule has 1 amide bonds. The molecule has 0 radical (unpaired) electrons. The molecule has 0 spiro atoms. The van der Waals surface area contributed by atoms with Crippen LogP contribution in [0.4, 0.5) is 5.69 Å². The highest BCUT2D eigenvalue weighted by atomic mass is 35.5. The first kappa shape index (κ1) is 21.6. The third-order valence-electron chi connectivity index (χ3n) is 4.88. The molecule has 0 fully saturated rings. The molecule has 0 atom stereocenters. The number of amides is 1. The topological polar surface area (TPSA) is 59.8 Å². The minimum absolute atomic E-state index is 0.261. The second kappa shape index (κ2) is 9.27. The largest absolute Gasteiger partial charge is 0.321 e. The van der Waals surface area contributed by atoms with Crippen molar-refractivity contribution in [3.8, 4) is 5.69 Å². The predicted octanol–water partition coefficient (Wildman–Crippen LogP) is 6.98. The summed E-state index contributed by atoms with van der Waals surface area (Å²) in [4.78, 5) is 14.2. The lowest BCUT2D eigenvalue weighted by atomic mass is 10.1. The van der Waals surface area contributed by atoms with Gasteiger partial charge in [-0.2, -0.15) is 4.80 Å². The van der Waals surface area contributed by atoms with Crippen molar-refractivity contribution in [3.63, 3.8) is 0 Å². The van der Waals surface area contributed by atoms with Gasteiger partial charge in [0.25, 0.3) is 5.91 Å². The number of benzene rings is 3. The van der Waals surface area contributed by atoms with Crippen LogP contribution in [0.15, 0.2) is 54.6 Å². The van der Waals surface area contributed by atoms with Gasteiger partial charge in [-0.3, -0.25) is 4.79 Å². The van der Waals surface area contributed by atoms with Crippen LogP contribution in [0.2, 0.25) is 15.1 Å². The number of carbonyl (C=O) groups is 1. The van der Waals surface area contributed by atoms with E-state index >= 15 is 0 Å². The van der Waals surface area contributed by atoms with Crippen LogP contribution in [0, 0.1) is 0 Å². The van der Waals surface area contributed by atoms with Crippen LogP contribution in [0.3, 0.4) is 0 Å². The number of unbranched alkanes of at least 4 members (excludes halogenated alkanes) is 1. The number of aryl methyl sites for hydroxylation is 1. The number of fused-ring (bicyclic) bond motifs is 1. The second-order valence-electron chi connectivity index (χ2n) is 7.16. The molecule has 158 valence electrons. The average Bonchev–Trinajstić information content (AvgIpc) is 3.17. The Morgan fingerprint density at radius 1 is 0.935 bits per heavy atom. The van der Waals surface area contributed by atoms with Crippen LogP contribution in [-0.4, -0.2) is 20.9 Å². The highest BCUT2D eigenvalue weighted by molar-refractivity contribution is 6.37. The smallest absolute Gasteiger partial charge is 0.257 e. The zero-order valence-corrected chi connectivity index (χ0v) is 19.0. The summed E-state index contributed by atoms with van der Waals surface area (Å²) in [6, 6.07) is 16.2. The molecule has 8 heteroatoms. The molecule has 0 aliphatic carbocycles. The summed E-state index contributed by atoms with van der Waals surface area (Å²) in [5.41, 5.74) is 4.04. The van der Waals surface area contributed by atoms with Crippen molar-refractivity contribution in [2.75, 3.05) is 5.32 Å². The first-order valence-corrected chi connectivity index (χ1v) is 11.0. The second-order valence-corrected chi connectivity index (χ2v) is 8.41. The number of halogens is 3. The summed E-state index contributed by atoms with van der Waals surface area (Å²) in [6.45, 7) is 2.18. The Morgan fingerprint density at radius 2 is 1.65 bits per heavy atom. The van der Waals surface area contributed by atoms with Crippen LogP contribution in [-0.2, 0) is 6.42 Å². The first-order chi connectivity index (χ1) is 14.9. The van der Waals surface area contributed by atoms with Gasteiger partial charge in [0.15, 0.2) is 0 Å². The quantitative estimate of drug-likeness (QED) is 0.329. The lowest BCUT2D eigenvalue weighted by molar-refractivity contribution is 0.102. The van der Waals surface area contributed by atoms with Crippen molar-refractivity contribution >= 4 is 57.4 Å². The number of hydrogen-bond donors (Lipinski definition) is 1. The molecule has 3 aromatic carbocycles. The molecule has 1 aromatic heterocycles. The van der Waals surface area contributed by atoms with Gasteiger partial charge in [-0.15, -0.1) is 10.2 Å². The van der Waals surface area contributed by atoms with Gasteiger partial charge in [-0.1, -0.05) is 60.3 Å². The molecule has 0 aliphatic rings. The number of hydrogen-bond acceptors (Lipinski definition) is 3. The van der Waals surface area contributed by atoms with Gasteiger partial charge in [-0.05, 0) is 60.9 Å². The van der Waals surface area contributed by atoms with E-state index in [-0.39, 0.29) is 5.56 Å². The van der Waals surface area contributed by atoms with Gasteiger partial charge in [0.1, 0.15) is 11.0 Å². The standard InChI is InChI=1S/C23H19Cl3N4O/c1-2-3-4-14-5-8-16(9-6-14)30-28-21-12-19(26)20(13-22(21)29-30)27-23(31)17-11-15(24)7-10-18(17)25/h5-13H,2-4H2,1H3,(H,27,31). The highest BCUT2D eigenvalue weighted by Gasteiger charge is 2.15. The van der Waals surface area contributed by atoms with Gasteiger partial charge in [0.05, 0.1) is 27.0 Å². The number of carbonyl (C=O) groups excluding carboxylic acids is 1. The third-order valence-corrected chi connectivity index (χ3v) is 5.75. The maximum atomic E-state index is 12.7. The summed E-state index contributed by atoms with van der Waals surface area (Å²) in [5, 5.41) is 12.9. The fourth-order valence-electron chi connectivity index (χ4n) is 3.19. The van der Waals surface area contributed by atoms with E-state index in [0.717, 1.165) is 24.9 Å². The Labute approximate surface area is 194 Å². The molecule has 4 rings (SSSR count).